The summed E-state index contributed by atoms with van der Waals surface area (Å²) in [6.45, 7) is 4.05. The van der Waals surface area contributed by atoms with E-state index in [0.717, 1.165) is 16.9 Å². The number of aromatic nitrogens is 1. The van der Waals surface area contributed by atoms with E-state index in [2.05, 4.69) is 16.4 Å². The maximum atomic E-state index is 5.92. The minimum absolute atomic E-state index is 0.0383. The number of ether oxygens (including phenoxy) is 2. The molecule has 0 fully saturated rings. The van der Waals surface area contributed by atoms with Gasteiger partial charge in [-0.05, 0) is 33.0 Å². The Hall–Kier alpha value is -2.07. The van der Waals surface area contributed by atoms with Crippen LogP contribution in [-0.2, 0) is 0 Å². The van der Waals surface area contributed by atoms with Gasteiger partial charge >= 0.3 is 0 Å². The second-order valence-corrected chi connectivity index (χ2v) is 5.03. The maximum Gasteiger partial charge on any atom is 0.218 e. The first-order valence-electron chi connectivity index (χ1n) is 7.09. The van der Waals surface area contributed by atoms with E-state index in [1.165, 1.54) is 0 Å². The first-order chi connectivity index (χ1) is 10.2. The molecule has 1 aromatic heterocycles. The number of nitrogens with one attached hydrogen (secondary N) is 1. The van der Waals surface area contributed by atoms with Gasteiger partial charge in [0.1, 0.15) is 5.75 Å². The molecule has 1 heterocycles. The molecule has 112 valence electrons. The van der Waals surface area contributed by atoms with Gasteiger partial charge in [0, 0.05) is 17.3 Å². The van der Waals surface area contributed by atoms with Gasteiger partial charge in [0.2, 0.25) is 5.88 Å². The van der Waals surface area contributed by atoms with E-state index in [1.807, 2.05) is 51.2 Å². The van der Waals surface area contributed by atoms with Gasteiger partial charge in [0.05, 0.1) is 19.3 Å². The van der Waals surface area contributed by atoms with Crippen molar-refractivity contribution in [2.45, 2.75) is 26.0 Å². The molecule has 1 N–H and O–H groups in total. The van der Waals surface area contributed by atoms with E-state index in [9.17, 15) is 0 Å². The minimum atomic E-state index is -0.0383. The van der Waals surface area contributed by atoms with Crippen LogP contribution < -0.4 is 14.8 Å². The van der Waals surface area contributed by atoms with Gasteiger partial charge < -0.3 is 14.8 Å². The summed E-state index contributed by atoms with van der Waals surface area (Å²) in [6.07, 6.45) is 1.85. The summed E-state index contributed by atoms with van der Waals surface area (Å²) in [5.41, 5.74) is 2.06. The lowest BCUT2D eigenvalue weighted by Crippen LogP contribution is -2.20. The van der Waals surface area contributed by atoms with Crippen molar-refractivity contribution in [1.29, 1.82) is 0 Å². The fourth-order valence-corrected chi connectivity index (χ4v) is 2.35. The van der Waals surface area contributed by atoms with Crippen molar-refractivity contribution in [2.75, 3.05) is 14.2 Å². The molecule has 1 atom stereocenters. The Morgan fingerprint density at radius 3 is 2.43 bits per heavy atom. The summed E-state index contributed by atoms with van der Waals surface area (Å²) in [6, 6.07) is 11.9. The molecule has 21 heavy (non-hydrogen) atoms. The van der Waals surface area contributed by atoms with Gasteiger partial charge in [0.15, 0.2) is 0 Å². The molecule has 0 aliphatic heterocycles. The number of pyridine rings is 1. The fraction of sp³-hybridized carbons (Fsp3) is 0.353. The Bertz CT molecular complexity index is 585. The van der Waals surface area contributed by atoms with Gasteiger partial charge in [0.25, 0.3) is 0 Å². The number of rotatable bonds is 6. The summed E-state index contributed by atoms with van der Waals surface area (Å²) >= 11 is 0. The van der Waals surface area contributed by atoms with Crippen molar-refractivity contribution < 1.29 is 9.47 Å². The molecule has 1 aromatic carbocycles. The Morgan fingerprint density at radius 2 is 1.76 bits per heavy atom. The second kappa shape index (κ2) is 7.09. The van der Waals surface area contributed by atoms with E-state index in [4.69, 9.17) is 9.47 Å². The SMILES string of the molecule is CNC(c1ccccc1OC(C)C)c1cccnc1OC. The fourth-order valence-electron chi connectivity index (χ4n) is 2.35. The molecule has 0 amide bonds. The van der Waals surface area contributed by atoms with Crippen molar-refractivity contribution >= 4 is 0 Å². The van der Waals surface area contributed by atoms with Crippen LogP contribution in [-0.4, -0.2) is 25.2 Å². The zero-order valence-corrected chi connectivity index (χ0v) is 13.0. The van der Waals surface area contributed by atoms with Crippen molar-refractivity contribution in [3.05, 3.63) is 53.7 Å². The Morgan fingerprint density at radius 1 is 1.05 bits per heavy atom. The lowest BCUT2D eigenvalue weighted by atomic mass is 9.98. The van der Waals surface area contributed by atoms with Crippen LogP contribution in [0.2, 0.25) is 0 Å². The molecule has 0 aliphatic carbocycles. The molecule has 2 aromatic rings. The molecule has 0 bridgehead atoms. The first-order valence-corrected chi connectivity index (χ1v) is 7.09. The third kappa shape index (κ3) is 3.52. The van der Waals surface area contributed by atoms with Crippen LogP contribution in [0.5, 0.6) is 11.6 Å². The highest BCUT2D eigenvalue weighted by atomic mass is 16.5. The third-order valence-corrected chi connectivity index (χ3v) is 3.19. The van der Waals surface area contributed by atoms with E-state index in [-0.39, 0.29) is 12.1 Å². The van der Waals surface area contributed by atoms with Gasteiger partial charge in [-0.25, -0.2) is 4.98 Å². The van der Waals surface area contributed by atoms with Crippen molar-refractivity contribution in [3.8, 4) is 11.6 Å². The third-order valence-electron chi connectivity index (χ3n) is 3.19. The smallest absolute Gasteiger partial charge is 0.218 e. The van der Waals surface area contributed by atoms with Crippen LogP contribution in [0.1, 0.15) is 31.0 Å². The zero-order chi connectivity index (χ0) is 15.2. The average molecular weight is 286 g/mol. The lowest BCUT2D eigenvalue weighted by molar-refractivity contribution is 0.238. The highest BCUT2D eigenvalue weighted by Crippen LogP contribution is 2.33. The van der Waals surface area contributed by atoms with Gasteiger partial charge in [-0.2, -0.15) is 0 Å². The summed E-state index contributed by atoms with van der Waals surface area (Å²) in [5.74, 6) is 1.49. The van der Waals surface area contributed by atoms with E-state index >= 15 is 0 Å². The van der Waals surface area contributed by atoms with E-state index < -0.39 is 0 Å². The van der Waals surface area contributed by atoms with Crippen LogP contribution >= 0.6 is 0 Å². The van der Waals surface area contributed by atoms with Gasteiger partial charge in [-0.1, -0.05) is 24.3 Å². The number of benzene rings is 1. The van der Waals surface area contributed by atoms with Gasteiger partial charge in [-0.15, -0.1) is 0 Å². The minimum Gasteiger partial charge on any atom is -0.491 e. The Labute approximate surface area is 126 Å². The van der Waals surface area contributed by atoms with Crippen LogP contribution in [0, 0.1) is 0 Å². The average Bonchev–Trinajstić information content (AvgIpc) is 2.49. The normalized spacial score (nSPS) is 12.2. The highest BCUT2D eigenvalue weighted by Gasteiger charge is 2.20. The lowest BCUT2D eigenvalue weighted by Gasteiger charge is -2.22. The second-order valence-electron chi connectivity index (χ2n) is 5.03. The van der Waals surface area contributed by atoms with Crippen LogP contribution in [0.15, 0.2) is 42.6 Å². The van der Waals surface area contributed by atoms with Crippen LogP contribution in [0.25, 0.3) is 0 Å². The molecule has 0 spiro atoms. The van der Waals surface area contributed by atoms with E-state index in [1.54, 1.807) is 13.3 Å². The molecule has 0 saturated carbocycles. The molecule has 1 unspecified atom stereocenters. The number of para-hydroxylation sites is 1. The number of nitrogens with zero attached hydrogens (tertiary/aromatic N) is 1. The topological polar surface area (TPSA) is 43.4 Å². The summed E-state index contributed by atoms with van der Waals surface area (Å²) < 4.78 is 11.3. The predicted molar refractivity (Wildman–Crippen MR) is 83.9 cm³/mol. The molecule has 2 rings (SSSR count). The molecule has 4 heteroatoms. The molecule has 4 nitrogen and oxygen atoms in total. The first kappa shape index (κ1) is 15.3. The number of hydrogen-bond acceptors (Lipinski definition) is 4. The Kier molecular flexibility index (Phi) is 5.17. The van der Waals surface area contributed by atoms with E-state index in [0.29, 0.717) is 5.88 Å². The number of hydrogen-bond donors (Lipinski definition) is 1. The standard InChI is InChI=1S/C17H22N2O2/c1-12(2)21-15-10-6-5-8-13(15)16(18-3)14-9-7-11-19-17(14)20-4/h5-12,16,18H,1-4H3. The highest BCUT2D eigenvalue weighted by molar-refractivity contribution is 5.44. The molecule has 0 aliphatic rings. The van der Waals surface area contributed by atoms with Crippen molar-refractivity contribution in [2.24, 2.45) is 0 Å². The summed E-state index contributed by atoms with van der Waals surface area (Å²) in [7, 11) is 3.55. The van der Waals surface area contributed by atoms with Crippen molar-refractivity contribution in [1.82, 2.24) is 10.3 Å². The zero-order valence-electron chi connectivity index (χ0n) is 13.0. The molecular formula is C17H22N2O2. The summed E-state index contributed by atoms with van der Waals surface area (Å²) in [5, 5.41) is 3.32. The predicted octanol–water partition coefficient (Wildman–Crippen LogP) is 3.19. The van der Waals surface area contributed by atoms with Crippen LogP contribution in [0.4, 0.5) is 0 Å². The van der Waals surface area contributed by atoms with Crippen LogP contribution in [0.3, 0.4) is 0 Å². The Balaban J connectivity index is 2.46. The van der Waals surface area contributed by atoms with Crippen molar-refractivity contribution in [3.63, 3.8) is 0 Å². The molecular weight excluding hydrogens is 264 g/mol. The molecule has 0 saturated heterocycles. The number of methoxy groups -OCH3 is 1. The molecule has 0 radical (unpaired) electrons. The quantitative estimate of drug-likeness (QED) is 0.885. The summed E-state index contributed by atoms with van der Waals surface area (Å²) in [4.78, 5) is 4.28. The van der Waals surface area contributed by atoms with Gasteiger partial charge in [-0.3, -0.25) is 0 Å². The monoisotopic (exact) mass is 286 g/mol. The largest absolute Gasteiger partial charge is 0.491 e. The maximum absolute atomic E-state index is 5.92.